The number of rotatable bonds is 7. The van der Waals surface area contributed by atoms with Gasteiger partial charge in [-0.1, -0.05) is 30.3 Å². The molecule has 2 aromatic heterocycles. The minimum atomic E-state index is -0.0238. The first-order chi connectivity index (χ1) is 16.1. The van der Waals surface area contributed by atoms with Gasteiger partial charge in [0.05, 0.1) is 6.10 Å². The number of nitrogens with one attached hydrogen (secondary N) is 2. The van der Waals surface area contributed by atoms with Crippen molar-refractivity contribution >= 4 is 27.7 Å². The Labute approximate surface area is 193 Å². The minimum absolute atomic E-state index is 0.0238. The molecule has 0 spiro atoms. The van der Waals surface area contributed by atoms with Crippen LogP contribution >= 0.6 is 0 Å². The van der Waals surface area contributed by atoms with E-state index in [1.165, 1.54) is 0 Å². The van der Waals surface area contributed by atoms with Crippen molar-refractivity contribution in [3.05, 3.63) is 102 Å². The molecule has 0 aliphatic carbocycles. The quantitative estimate of drug-likeness (QED) is 0.315. The molecule has 5 nitrogen and oxygen atoms in total. The second-order valence-corrected chi connectivity index (χ2v) is 8.57. The molecule has 0 aliphatic rings. The molecule has 5 heteroatoms. The fourth-order valence-electron chi connectivity index (χ4n) is 4.34. The number of hydrogen-bond donors (Lipinski definition) is 2. The molecule has 166 valence electrons. The second kappa shape index (κ2) is 8.87. The third-order valence-corrected chi connectivity index (χ3v) is 5.83. The van der Waals surface area contributed by atoms with Crippen LogP contribution in [0.15, 0.2) is 85.2 Å². The van der Waals surface area contributed by atoms with Crippen LogP contribution in [0.2, 0.25) is 0 Å². The van der Waals surface area contributed by atoms with Crippen molar-refractivity contribution in [1.82, 2.24) is 14.9 Å². The summed E-state index contributed by atoms with van der Waals surface area (Å²) in [7, 11) is 0. The van der Waals surface area contributed by atoms with Crippen LogP contribution in [0.4, 0.5) is 0 Å². The van der Waals surface area contributed by atoms with E-state index in [-0.39, 0.29) is 12.0 Å². The topological polar surface area (TPSA) is 61.1 Å². The summed E-state index contributed by atoms with van der Waals surface area (Å²) in [4.78, 5) is 22.2. The molecule has 0 saturated heterocycles. The Morgan fingerprint density at radius 3 is 1.97 bits per heavy atom. The number of aromatic amines is 2. The van der Waals surface area contributed by atoms with E-state index < -0.39 is 0 Å². The van der Waals surface area contributed by atoms with Gasteiger partial charge in [0, 0.05) is 52.9 Å². The van der Waals surface area contributed by atoms with Crippen molar-refractivity contribution in [2.45, 2.75) is 33.0 Å². The van der Waals surface area contributed by atoms with Crippen LogP contribution in [0.25, 0.3) is 21.8 Å². The Balaban J connectivity index is 1.52. The highest BCUT2D eigenvalue weighted by molar-refractivity contribution is 5.95. The number of aromatic nitrogens is 2. The lowest BCUT2D eigenvalue weighted by atomic mass is 10.1. The molecule has 0 aliphatic heterocycles. The Hall–Kier alpha value is -3.99. The Bertz CT molecular complexity index is 1340. The molecular weight excluding hydrogens is 410 g/mol. The highest BCUT2D eigenvalue weighted by atomic mass is 16.5. The number of amides is 1. The largest absolute Gasteiger partial charge is 0.491 e. The van der Waals surface area contributed by atoms with Gasteiger partial charge < -0.3 is 19.6 Å². The molecule has 0 atom stereocenters. The van der Waals surface area contributed by atoms with Gasteiger partial charge in [0.2, 0.25) is 0 Å². The van der Waals surface area contributed by atoms with Gasteiger partial charge in [-0.3, -0.25) is 4.79 Å². The number of nitrogens with zero attached hydrogens (tertiary/aromatic N) is 1. The lowest BCUT2D eigenvalue weighted by molar-refractivity contribution is 0.0730. The maximum Gasteiger partial charge on any atom is 0.254 e. The molecule has 1 amide bonds. The summed E-state index contributed by atoms with van der Waals surface area (Å²) < 4.78 is 5.84. The molecule has 0 fully saturated rings. The van der Waals surface area contributed by atoms with Gasteiger partial charge in [-0.25, -0.2) is 0 Å². The smallest absolute Gasteiger partial charge is 0.254 e. The van der Waals surface area contributed by atoms with E-state index in [0.29, 0.717) is 24.4 Å². The molecule has 3 aromatic carbocycles. The molecule has 0 bridgehead atoms. The SMILES string of the molecule is CC(C)Oc1cccc(C(=O)N(Cc2cccc3[nH]ccc23)Cc2cccc3[nH]ccc23)c1. The number of hydrogen-bond acceptors (Lipinski definition) is 2. The number of carbonyl (C=O) groups excluding carboxylic acids is 1. The maximum atomic E-state index is 13.8. The van der Waals surface area contributed by atoms with Crippen LogP contribution in [0.1, 0.15) is 35.3 Å². The van der Waals surface area contributed by atoms with Crippen molar-refractivity contribution in [3.8, 4) is 5.75 Å². The summed E-state index contributed by atoms with van der Waals surface area (Å²) in [5.74, 6) is 0.681. The van der Waals surface area contributed by atoms with E-state index in [9.17, 15) is 4.79 Å². The zero-order chi connectivity index (χ0) is 22.8. The minimum Gasteiger partial charge on any atom is -0.491 e. The van der Waals surface area contributed by atoms with E-state index in [4.69, 9.17) is 4.74 Å². The molecular formula is C28H27N3O2. The number of benzene rings is 3. The first-order valence-electron chi connectivity index (χ1n) is 11.2. The standard InChI is InChI=1S/C28H27N3O2/c1-19(2)33-23-9-3-6-20(16-23)28(32)31(17-21-7-4-10-26-24(21)12-14-29-26)18-22-8-5-11-27-25(22)13-15-30-27/h3-16,19,29-30H,17-18H2,1-2H3. The zero-order valence-electron chi connectivity index (χ0n) is 18.8. The van der Waals surface area contributed by atoms with Gasteiger partial charge in [-0.15, -0.1) is 0 Å². The van der Waals surface area contributed by atoms with Crippen molar-refractivity contribution in [1.29, 1.82) is 0 Å². The third-order valence-electron chi connectivity index (χ3n) is 5.83. The van der Waals surface area contributed by atoms with Crippen molar-refractivity contribution in [3.63, 3.8) is 0 Å². The van der Waals surface area contributed by atoms with Crippen molar-refractivity contribution in [2.75, 3.05) is 0 Å². The molecule has 0 saturated carbocycles. The van der Waals surface area contributed by atoms with Crippen LogP contribution in [0.3, 0.4) is 0 Å². The summed E-state index contributed by atoms with van der Waals surface area (Å²) in [6.45, 7) is 4.97. The Morgan fingerprint density at radius 1 is 0.818 bits per heavy atom. The number of fused-ring (bicyclic) bond motifs is 2. The predicted octanol–water partition coefficient (Wildman–Crippen LogP) is 6.28. The van der Waals surface area contributed by atoms with Crippen LogP contribution in [0, 0.1) is 0 Å². The van der Waals surface area contributed by atoms with Crippen molar-refractivity contribution < 1.29 is 9.53 Å². The summed E-state index contributed by atoms with van der Waals surface area (Å²) in [6.07, 6.45) is 3.92. The fourth-order valence-corrected chi connectivity index (χ4v) is 4.34. The second-order valence-electron chi connectivity index (χ2n) is 8.57. The van der Waals surface area contributed by atoms with Crippen LogP contribution < -0.4 is 4.74 Å². The van der Waals surface area contributed by atoms with Crippen LogP contribution in [-0.4, -0.2) is 26.9 Å². The molecule has 0 radical (unpaired) electrons. The molecule has 2 heterocycles. The van der Waals surface area contributed by atoms with Crippen LogP contribution in [0.5, 0.6) is 5.75 Å². The highest BCUT2D eigenvalue weighted by Crippen LogP contribution is 2.25. The first-order valence-corrected chi connectivity index (χ1v) is 11.2. The van der Waals surface area contributed by atoms with Gasteiger partial charge in [-0.2, -0.15) is 0 Å². The summed E-state index contributed by atoms with van der Waals surface area (Å²) >= 11 is 0. The molecule has 5 aromatic rings. The Morgan fingerprint density at radius 2 is 1.39 bits per heavy atom. The molecule has 0 unspecified atom stereocenters. The van der Waals surface area contributed by atoms with Crippen molar-refractivity contribution in [2.24, 2.45) is 0 Å². The Kier molecular flexibility index (Phi) is 5.61. The zero-order valence-corrected chi connectivity index (χ0v) is 18.8. The first kappa shape index (κ1) is 20.9. The summed E-state index contributed by atoms with van der Waals surface area (Å²) in [6, 6.07) is 23.9. The maximum absolute atomic E-state index is 13.8. The lowest BCUT2D eigenvalue weighted by Gasteiger charge is -2.24. The van der Waals surface area contributed by atoms with E-state index in [2.05, 4.69) is 46.4 Å². The average Bonchev–Trinajstić information content (AvgIpc) is 3.48. The number of ether oxygens (including phenoxy) is 1. The normalized spacial score (nSPS) is 11.4. The van der Waals surface area contributed by atoms with E-state index in [1.54, 1.807) is 0 Å². The van der Waals surface area contributed by atoms with Gasteiger partial charge in [0.1, 0.15) is 5.75 Å². The molecule has 5 rings (SSSR count). The summed E-state index contributed by atoms with van der Waals surface area (Å²) in [5.41, 5.74) is 4.98. The van der Waals surface area contributed by atoms with Crippen LogP contribution in [-0.2, 0) is 13.1 Å². The van der Waals surface area contributed by atoms with E-state index >= 15 is 0 Å². The van der Waals surface area contributed by atoms with Gasteiger partial charge in [-0.05, 0) is 67.4 Å². The van der Waals surface area contributed by atoms with Gasteiger partial charge >= 0.3 is 0 Å². The third kappa shape index (κ3) is 4.35. The van der Waals surface area contributed by atoms with E-state index in [1.807, 2.05) is 67.5 Å². The number of H-pyrrole nitrogens is 2. The number of carbonyl (C=O) groups is 1. The predicted molar refractivity (Wildman–Crippen MR) is 132 cm³/mol. The fraction of sp³-hybridized carbons (Fsp3) is 0.179. The highest BCUT2D eigenvalue weighted by Gasteiger charge is 2.20. The monoisotopic (exact) mass is 437 g/mol. The van der Waals surface area contributed by atoms with Gasteiger partial charge in [0.15, 0.2) is 0 Å². The summed E-state index contributed by atoms with van der Waals surface area (Å²) in [5, 5.41) is 2.26. The lowest BCUT2D eigenvalue weighted by Crippen LogP contribution is -2.30. The molecule has 33 heavy (non-hydrogen) atoms. The molecule has 2 N–H and O–H groups in total. The van der Waals surface area contributed by atoms with Gasteiger partial charge in [0.25, 0.3) is 5.91 Å². The average molecular weight is 438 g/mol. The van der Waals surface area contributed by atoms with E-state index in [0.717, 1.165) is 32.9 Å².